The van der Waals surface area contributed by atoms with Crippen molar-refractivity contribution in [2.75, 3.05) is 13.2 Å². The van der Waals surface area contributed by atoms with Crippen LogP contribution in [0.15, 0.2) is 48.8 Å². The van der Waals surface area contributed by atoms with Crippen LogP contribution in [0.4, 0.5) is 13.2 Å². The van der Waals surface area contributed by atoms with E-state index in [0.29, 0.717) is 16.8 Å². The molecule has 2 heterocycles. The van der Waals surface area contributed by atoms with Gasteiger partial charge in [0.2, 0.25) is 0 Å². The van der Waals surface area contributed by atoms with Gasteiger partial charge in [-0.2, -0.15) is 13.2 Å². The smallest absolute Gasteiger partial charge is 0.416 e. The molecule has 0 spiro atoms. The lowest BCUT2D eigenvalue weighted by atomic mass is 10.0. The van der Waals surface area contributed by atoms with Crippen LogP contribution in [0.1, 0.15) is 60.5 Å². The Morgan fingerprint density at radius 1 is 1.09 bits per heavy atom. The summed E-state index contributed by atoms with van der Waals surface area (Å²) in [5, 5.41) is 0. The van der Waals surface area contributed by atoms with E-state index in [-0.39, 0.29) is 36.5 Å². The van der Waals surface area contributed by atoms with Crippen LogP contribution in [-0.2, 0) is 17.5 Å². The quantitative estimate of drug-likeness (QED) is 0.366. The highest BCUT2D eigenvalue weighted by Gasteiger charge is 2.31. The summed E-state index contributed by atoms with van der Waals surface area (Å²) >= 11 is 0. The van der Waals surface area contributed by atoms with Gasteiger partial charge < -0.3 is 14.6 Å². The monoisotopic (exact) mass is 487 g/mol. The average molecular weight is 487 g/mol. The molecule has 0 unspecified atom stereocenters. The summed E-state index contributed by atoms with van der Waals surface area (Å²) in [6.07, 6.45) is -1.45. The van der Waals surface area contributed by atoms with E-state index < -0.39 is 29.4 Å². The summed E-state index contributed by atoms with van der Waals surface area (Å²) in [6, 6.07) is 7.20. The highest BCUT2D eigenvalue weighted by Crippen LogP contribution is 2.29. The Bertz CT molecular complexity index is 1220. The number of esters is 1. The van der Waals surface area contributed by atoms with Crippen LogP contribution < -0.4 is 0 Å². The number of H-pyrrole nitrogens is 1. The number of halogens is 3. The number of pyridine rings is 1. The zero-order chi connectivity index (χ0) is 25.8. The fourth-order valence-electron chi connectivity index (χ4n) is 3.72. The van der Waals surface area contributed by atoms with Crippen LogP contribution in [-0.4, -0.2) is 45.7 Å². The summed E-state index contributed by atoms with van der Waals surface area (Å²) in [6.45, 7) is 4.71. The summed E-state index contributed by atoms with van der Waals surface area (Å²) in [4.78, 5) is 46.8. The first kappa shape index (κ1) is 25.7. The van der Waals surface area contributed by atoms with E-state index in [2.05, 4.69) is 9.97 Å². The number of ether oxygens (including phenoxy) is 1. The minimum atomic E-state index is -4.53. The van der Waals surface area contributed by atoms with Crippen molar-refractivity contribution in [3.05, 3.63) is 88.0 Å². The molecule has 0 fully saturated rings. The second kappa shape index (κ2) is 10.5. The molecule has 0 saturated heterocycles. The highest BCUT2D eigenvalue weighted by atomic mass is 19.4. The van der Waals surface area contributed by atoms with Gasteiger partial charge in [-0.25, -0.2) is 4.79 Å². The third kappa shape index (κ3) is 5.95. The third-order valence-corrected chi connectivity index (χ3v) is 5.37. The number of benzene rings is 1. The van der Waals surface area contributed by atoms with E-state index in [1.54, 1.807) is 39.1 Å². The van der Waals surface area contributed by atoms with Crippen molar-refractivity contribution in [2.24, 2.45) is 0 Å². The van der Waals surface area contributed by atoms with Crippen LogP contribution in [0.5, 0.6) is 0 Å². The van der Waals surface area contributed by atoms with Gasteiger partial charge in [0.15, 0.2) is 5.78 Å². The maximum atomic E-state index is 13.3. The summed E-state index contributed by atoms with van der Waals surface area (Å²) in [5.74, 6) is -1.65. The lowest BCUT2D eigenvalue weighted by Crippen LogP contribution is -2.35. The molecule has 1 aromatic carbocycles. The fourth-order valence-corrected chi connectivity index (χ4v) is 3.72. The minimum absolute atomic E-state index is 0.00409. The number of nitrogens with zero attached hydrogens (tertiary/aromatic N) is 2. The molecule has 10 heteroatoms. The van der Waals surface area contributed by atoms with E-state index >= 15 is 0 Å². The van der Waals surface area contributed by atoms with Crippen molar-refractivity contribution in [1.82, 2.24) is 14.9 Å². The van der Waals surface area contributed by atoms with Gasteiger partial charge in [-0.3, -0.25) is 14.6 Å². The number of aromatic amines is 1. The maximum absolute atomic E-state index is 13.3. The third-order valence-electron chi connectivity index (χ3n) is 5.37. The van der Waals surface area contributed by atoms with Gasteiger partial charge in [0.05, 0.1) is 18.7 Å². The van der Waals surface area contributed by atoms with Gasteiger partial charge >= 0.3 is 12.1 Å². The predicted octanol–water partition coefficient (Wildman–Crippen LogP) is 4.75. The van der Waals surface area contributed by atoms with Gasteiger partial charge in [0.25, 0.3) is 5.91 Å². The lowest BCUT2D eigenvalue weighted by Gasteiger charge is -2.22. The predicted molar refractivity (Wildman–Crippen MR) is 121 cm³/mol. The standard InChI is InChI=1S/C25H24F3N3O4/c1-4-35-24(34)22-15(2)21(16(3)30-22)20(32)14-31(13-17-6-5-11-29-12-17)23(33)18-7-9-19(10-8-18)25(26,27)28/h5-12,30H,4,13-14H2,1-3H3. The highest BCUT2D eigenvalue weighted by molar-refractivity contribution is 6.05. The Labute approximate surface area is 199 Å². The molecular formula is C25H24F3N3O4. The van der Waals surface area contributed by atoms with Crippen LogP contribution in [0.2, 0.25) is 0 Å². The van der Waals surface area contributed by atoms with Gasteiger partial charge in [0, 0.05) is 35.8 Å². The molecule has 1 amide bonds. The van der Waals surface area contributed by atoms with Crippen molar-refractivity contribution in [3.63, 3.8) is 0 Å². The molecule has 0 saturated carbocycles. The van der Waals surface area contributed by atoms with Gasteiger partial charge in [-0.15, -0.1) is 0 Å². The molecule has 7 nitrogen and oxygen atoms in total. The second-order valence-corrected chi connectivity index (χ2v) is 7.87. The minimum Gasteiger partial charge on any atom is -0.461 e. The molecule has 0 aliphatic heterocycles. The van der Waals surface area contributed by atoms with E-state index in [4.69, 9.17) is 4.74 Å². The molecule has 3 rings (SSSR count). The number of nitrogens with one attached hydrogen (secondary N) is 1. The average Bonchev–Trinajstić information content (AvgIpc) is 3.12. The molecule has 3 aromatic rings. The molecule has 0 radical (unpaired) electrons. The van der Waals surface area contributed by atoms with Crippen LogP contribution >= 0.6 is 0 Å². The molecule has 0 aliphatic rings. The normalized spacial score (nSPS) is 11.3. The van der Waals surface area contributed by atoms with Gasteiger partial charge in [0.1, 0.15) is 5.69 Å². The number of hydrogen-bond donors (Lipinski definition) is 1. The summed E-state index contributed by atoms with van der Waals surface area (Å²) in [5.41, 5.74) is 1.01. The molecule has 2 aromatic heterocycles. The first-order valence-electron chi connectivity index (χ1n) is 10.8. The van der Waals surface area contributed by atoms with Crippen molar-refractivity contribution in [2.45, 2.75) is 33.5 Å². The number of rotatable bonds is 8. The van der Waals surface area contributed by atoms with E-state index in [0.717, 1.165) is 24.3 Å². The number of aromatic nitrogens is 2. The summed E-state index contributed by atoms with van der Waals surface area (Å²) < 4.78 is 43.8. The molecule has 0 aliphatic carbocycles. The van der Waals surface area contributed by atoms with Crippen molar-refractivity contribution in [3.8, 4) is 0 Å². The molecule has 1 N–H and O–H groups in total. The zero-order valence-electron chi connectivity index (χ0n) is 19.4. The Morgan fingerprint density at radius 2 is 1.77 bits per heavy atom. The molecule has 35 heavy (non-hydrogen) atoms. The van der Waals surface area contributed by atoms with Crippen molar-refractivity contribution in [1.29, 1.82) is 0 Å². The Hall–Kier alpha value is -3.95. The molecule has 0 atom stereocenters. The van der Waals surface area contributed by atoms with Crippen molar-refractivity contribution >= 4 is 17.7 Å². The topological polar surface area (TPSA) is 92.4 Å². The number of aryl methyl sites for hydroxylation is 1. The number of carbonyl (C=O) groups is 3. The molecule has 184 valence electrons. The maximum Gasteiger partial charge on any atom is 0.416 e. The van der Waals surface area contributed by atoms with Gasteiger partial charge in [-0.1, -0.05) is 6.07 Å². The number of carbonyl (C=O) groups excluding carboxylic acids is 3. The van der Waals surface area contributed by atoms with Crippen LogP contribution in [0, 0.1) is 13.8 Å². The summed E-state index contributed by atoms with van der Waals surface area (Å²) in [7, 11) is 0. The van der Waals surface area contributed by atoms with Crippen molar-refractivity contribution < 1.29 is 32.3 Å². The fraction of sp³-hybridized carbons (Fsp3) is 0.280. The SMILES string of the molecule is CCOC(=O)c1[nH]c(C)c(C(=O)CN(Cc2cccnc2)C(=O)c2ccc(C(F)(F)F)cc2)c1C. The van der Waals surface area contributed by atoms with E-state index in [9.17, 15) is 27.6 Å². The Kier molecular flexibility index (Phi) is 7.73. The van der Waals surface area contributed by atoms with Crippen LogP contribution in [0.25, 0.3) is 0 Å². The molecule has 0 bridgehead atoms. The van der Waals surface area contributed by atoms with Crippen LogP contribution in [0.3, 0.4) is 0 Å². The largest absolute Gasteiger partial charge is 0.461 e. The zero-order valence-corrected chi connectivity index (χ0v) is 19.4. The van der Waals surface area contributed by atoms with E-state index in [1.165, 1.54) is 11.1 Å². The Balaban J connectivity index is 1.91. The van der Waals surface area contributed by atoms with Gasteiger partial charge in [-0.05, 0) is 62.2 Å². The number of Topliss-reactive ketones (excluding diaryl/α,β-unsaturated/α-hetero) is 1. The number of ketones is 1. The first-order chi connectivity index (χ1) is 16.5. The molecular weight excluding hydrogens is 463 g/mol. The number of amides is 1. The Morgan fingerprint density at radius 3 is 2.34 bits per heavy atom. The number of hydrogen-bond acceptors (Lipinski definition) is 5. The number of alkyl halides is 3. The second-order valence-electron chi connectivity index (χ2n) is 7.87. The van der Waals surface area contributed by atoms with E-state index in [1.807, 2.05) is 0 Å². The lowest BCUT2D eigenvalue weighted by molar-refractivity contribution is -0.137. The first-order valence-corrected chi connectivity index (χ1v) is 10.8.